The first-order valence-electron chi connectivity index (χ1n) is 7.88. The van der Waals surface area contributed by atoms with Crippen LogP contribution in [0.4, 0.5) is 0 Å². The van der Waals surface area contributed by atoms with Gasteiger partial charge in [0, 0.05) is 39.4 Å². The van der Waals surface area contributed by atoms with E-state index in [4.69, 9.17) is 11.6 Å². The Hall–Kier alpha value is -2.12. The largest absolute Gasteiger partial charge is 0.505 e. The number of carbonyl (C=O) groups is 1. The summed E-state index contributed by atoms with van der Waals surface area (Å²) in [6.07, 6.45) is 4.02. The maximum Gasteiger partial charge on any atom is 0.276 e. The molecule has 2 aromatic rings. The van der Waals surface area contributed by atoms with Crippen LogP contribution in [0.1, 0.15) is 22.7 Å². The standard InChI is InChI=1S/C16H20ClN5O2/c1-20-13(17)10-19-14(20)11-21-6-3-7-22(9-8-21)16(24)15-12(23)4-2-5-18-15/h2,4-5,10,23H,3,6-9,11H2,1H3. The molecule has 24 heavy (non-hydrogen) atoms. The topological polar surface area (TPSA) is 74.5 Å². The fourth-order valence-corrected chi connectivity index (χ4v) is 2.96. The molecule has 0 unspecified atom stereocenters. The van der Waals surface area contributed by atoms with Crippen LogP contribution in [0.25, 0.3) is 0 Å². The monoisotopic (exact) mass is 349 g/mol. The Morgan fingerprint density at radius 3 is 2.83 bits per heavy atom. The minimum absolute atomic E-state index is 0.0775. The van der Waals surface area contributed by atoms with Crippen LogP contribution in [0.15, 0.2) is 24.5 Å². The van der Waals surface area contributed by atoms with E-state index in [9.17, 15) is 9.90 Å². The van der Waals surface area contributed by atoms with Gasteiger partial charge in [0.15, 0.2) is 5.69 Å². The summed E-state index contributed by atoms with van der Waals surface area (Å²) >= 11 is 6.03. The van der Waals surface area contributed by atoms with Crippen LogP contribution in [0.2, 0.25) is 5.15 Å². The molecule has 0 saturated carbocycles. The summed E-state index contributed by atoms with van der Waals surface area (Å²) in [6.45, 7) is 3.55. The Morgan fingerprint density at radius 2 is 2.12 bits per heavy atom. The molecule has 7 nitrogen and oxygen atoms in total. The summed E-state index contributed by atoms with van der Waals surface area (Å²) < 4.78 is 1.86. The van der Waals surface area contributed by atoms with Gasteiger partial charge in [0.05, 0.1) is 12.7 Å². The molecule has 0 aliphatic carbocycles. The summed E-state index contributed by atoms with van der Waals surface area (Å²) in [5.74, 6) is 0.600. The summed E-state index contributed by atoms with van der Waals surface area (Å²) in [6, 6.07) is 3.09. The van der Waals surface area contributed by atoms with Crippen molar-refractivity contribution in [1.82, 2.24) is 24.3 Å². The van der Waals surface area contributed by atoms with Crippen LogP contribution < -0.4 is 0 Å². The van der Waals surface area contributed by atoms with Gasteiger partial charge in [-0.2, -0.15) is 0 Å². The van der Waals surface area contributed by atoms with E-state index < -0.39 is 0 Å². The Labute approximate surface area is 145 Å². The fourth-order valence-electron chi connectivity index (χ4n) is 2.81. The second-order valence-corrected chi connectivity index (χ2v) is 6.24. The van der Waals surface area contributed by atoms with Crippen LogP contribution in [0, 0.1) is 0 Å². The molecule has 3 heterocycles. The molecule has 1 saturated heterocycles. The Morgan fingerprint density at radius 1 is 1.29 bits per heavy atom. The second-order valence-electron chi connectivity index (χ2n) is 5.85. The van der Waals surface area contributed by atoms with Gasteiger partial charge in [-0.15, -0.1) is 0 Å². The van der Waals surface area contributed by atoms with Crippen molar-refractivity contribution in [3.8, 4) is 5.75 Å². The molecule has 1 aliphatic rings. The molecule has 8 heteroatoms. The number of carbonyl (C=O) groups excluding carboxylic acids is 1. The van der Waals surface area contributed by atoms with Gasteiger partial charge >= 0.3 is 0 Å². The molecule has 1 fully saturated rings. The van der Waals surface area contributed by atoms with E-state index in [1.165, 1.54) is 12.3 Å². The fraction of sp³-hybridized carbons (Fsp3) is 0.438. The van der Waals surface area contributed by atoms with Gasteiger partial charge in [-0.1, -0.05) is 11.6 Å². The lowest BCUT2D eigenvalue weighted by Crippen LogP contribution is -2.35. The van der Waals surface area contributed by atoms with Crippen LogP contribution in [-0.4, -0.2) is 61.5 Å². The summed E-state index contributed by atoms with van der Waals surface area (Å²) in [4.78, 5) is 24.9. The predicted molar refractivity (Wildman–Crippen MR) is 89.9 cm³/mol. The number of pyridine rings is 1. The van der Waals surface area contributed by atoms with Crippen molar-refractivity contribution in [3.63, 3.8) is 0 Å². The van der Waals surface area contributed by atoms with Crippen LogP contribution in [0.5, 0.6) is 5.75 Å². The highest BCUT2D eigenvalue weighted by molar-refractivity contribution is 6.29. The first kappa shape index (κ1) is 16.7. The van der Waals surface area contributed by atoms with Gasteiger partial charge in [-0.05, 0) is 18.6 Å². The van der Waals surface area contributed by atoms with Crippen molar-refractivity contribution < 1.29 is 9.90 Å². The Bertz CT molecular complexity index is 733. The molecular weight excluding hydrogens is 330 g/mol. The SMILES string of the molecule is Cn1c(Cl)cnc1CN1CCCN(C(=O)c2ncccc2O)CC1. The highest BCUT2D eigenvalue weighted by atomic mass is 35.5. The maximum atomic E-state index is 12.5. The molecule has 0 radical (unpaired) electrons. The van der Waals surface area contributed by atoms with Crippen LogP contribution >= 0.6 is 11.6 Å². The highest BCUT2D eigenvalue weighted by Gasteiger charge is 2.23. The number of nitrogens with zero attached hydrogens (tertiary/aromatic N) is 5. The number of hydrogen-bond donors (Lipinski definition) is 1. The van der Waals surface area contributed by atoms with Gasteiger partial charge in [0.2, 0.25) is 0 Å². The molecule has 0 atom stereocenters. The van der Waals surface area contributed by atoms with Gasteiger partial charge in [-0.3, -0.25) is 9.69 Å². The number of rotatable bonds is 3. The average molecular weight is 350 g/mol. The van der Waals surface area contributed by atoms with E-state index in [1.807, 2.05) is 11.6 Å². The number of aromatic hydroxyl groups is 1. The van der Waals surface area contributed by atoms with E-state index in [1.54, 1.807) is 17.2 Å². The first-order chi connectivity index (χ1) is 11.6. The Kier molecular flexibility index (Phi) is 5.01. The van der Waals surface area contributed by atoms with Crippen molar-refractivity contribution in [2.45, 2.75) is 13.0 Å². The van der Waals surface area contributed by atoms with Crippen molar-refractivity contribution in [2.75, 3.05) is 26.2 Å². The number of aromatic nitrogens is 3. The van der Waals surface area contributed by atoms with E-state index in [2.05, 4.69) is 14.9 Å². The van der Waals surface area contributed by atoms with Crippen LogP contribution in [0.3, 0.4) is 0 Å². The van der Waals surface area contributed by atoms with Crippen molar-refractivity contribution in [2.24, 2.45) is 7.05 Å². The minimum atomic E-state index is -0.227. The zero-order valence-corrected chi connectivity index (χ0v) is 14.3. The highest BCUT2D eigenvalue weighted by Crippen LogP contribution is 2.17. The summed E-state index contributed by atoms with van der Waals surface area (Å²) in [7, 11) is 1.89. The third-order valence-corrected chi connectivity index (χ3v) is 4.61. The number of amides is 1. The van der Waals surface area contributed by atoms with E-state index in [0.29, 0.717) is 24.8 Å². The smallest absolute Gasteiger partial charge is 0.276 e. The molecule has 2 aromatic heterocycles. The van der Waals surface area contributed by atoms with Crippen molar-refractivity contribution in [1.29, 1.82) is 0 Å². The minimum Gasteiger partial charge on any atom is -0.505 e. The third kappa shape index (κ3) is 3.52. The molecule has 1 aliphatic heterocycles. The van der Waals surface area contributed by atoms with Gasteiger partial charge < -0.3 is 14.6 Å². The van der Waals surface area contributed by atoms with Crippen molar-refractivity contribution in [3.05, 3.63) is 41.2 Å². The normalized spacial score (nSPS) is 16.2. The van der Waals surface area contributed by atoms with Gasteiger partial charge in [0.1, 0.15) is 16.7 Å². The first-order valence-corrected chi connectivity index (χ1v) is 8.26. The zero-order chi connectivity index (χ0) is 17.1. The summed E-state index contributed by atoms with van der Waals surface area (Å²) in [5.41, 5.74) is 0.113. The lowest BCUT2D eigenvalue weighted by molar-refractivity contribution is 0.0751. The van der Waals surface area contributed by atoms with Crippen molar-refractivity contribution >= 4 is 17.5 Å². The van der Waals surface area contributed by atoms with Crippen LogP contribution in [-0.2, 0) is 13.6 Å². The third-order valence-electron chi connectivity index (χ3n) is 4.26. The average Bonchev–Trinajstić information content (AvgIpc) is 2.79. The molecule has 128 valence electrons. The van der Waals surface area contributed by atoms with E-state index >= 15 is 0 Å². The maximum absolute atomic E-state index is 12.5. The lowest BCUT2D eigenvalue weighted by Gasteiger charge is -2.21. The quantitative estimate of drug-likeness (QED) is 0.909. The molecule has 0 aromatic carbocycles. The number of imidazole rings is 1. The number of hydrogen-bond acceptors (Lipinski definition) is 5. The van der Waals surface area contributed by atoms with Gasteiger partial charge in [-0.25, -0.2) is 9.97 Å². The second kappa shape index (κ2) is 7.19. The summed E-state index contributed by atoms with van der Waals surface area (Å²) in [5, 5.41) is 10.4. The molecular formula is C16H20ClN5O2. The van der Waals surface area contributed by atoms with E-state index in [-0.39, 0.29) is 17.4 Å². The van der Waals surface area contributed by atoms with Gasteiger partial charge in [0.25, 0.3) is 5.91 Å². The molecule has 0 bridgehead atoms. The lowest BCUT2D eigenvalue weighted by atomic mass is 10.2. The molecule has 0 spiro atoms. The molecule has 1 amide bonds. The molecule has 1 N–H and O–H groups in total. The zero-order valence-electron chi connectivity index (χ0n) is 13.5. The predicted octanol–water partition coefficient (Wildman–Crippen LogP) is 1.52. The van der Waals surface area contributed by atoms with E-state index in [0.717, 1.165) is 25.3 Å². The molecule has 3 rings (SSSR count). The number of halogens is 1. The Balaban J connectivity index is 1.64.